The van der Waals surface area contributed by atoms with Gasteiger partial charge in [0.15, 0.2) is 5.82 Å². The molecule has 0 fully saturated rings. The normalized spacial score (nSPS) is 13.2. The smallest absolute Gasteiger partial charge is 0.320 e. The highest BCUT2D eigenvalue weighted by Crippen LogP contribution is 2.24. The third-order valence-electron chi connectivity index (χ3n) is 4.52. The molecule has 0 bridgehead atoms. The lowest BCUT2D eigenvalue weighted by Gasteiger charge is -2.28. The van der Waals surface area contributed by atoms with E-state index in [1.807, 2.05) is 12.1 Å². The van der Waals surface area contributed by atoms with E-state index in [0.717, 1.165) is 29.0 Å². The molecule has 1 aliphatic rings. The maximum absolute atomic E-state index is 13.7. The number of hydrogen-bond donors (Lipinski definition) is 1. The molecule has 5 nitrogen and oxygen atoms in total. The highest BCUT2D eigenvalue weighted by Gasteiger charge is 2.24. The summed E-state index contributed by atoms with van der Waals surface area (Å²) in [5.74, 6) is -1.05. The van der Waals surface area contributed by atoms with Gasteiger partial charge in [0, 0.05) is 35.3 Å². The minimum atomic E-state index is -0.818. The Labute approximate surface area is 165 Å². The number of halogens is 3. The molecule has 3 aromatic rings. The molecule has 0 aliphatic carbocycles. The van der Waals surface area contributed by atoms with Crippen molar-refractivity contribution in [2.45, 2.75) is 13.0 Å². The Bertz CT molecular complexity index is 1020. The number of urea groups is 1. The summed E-state index contributed by atoms with van der Waals surface area (Å²) < 4.78 is 27.5. The lowest BCUT2D eigenvalue weighted by Crippen LogP contribution is -2.39. The molecule has 1 aromatic heterocycles. The third kappa shape index (κ3) is 3.66. The fourth-order valence-electron chi connectivity index (χ4n) is 3.03. The first-order valence-corrected chi connectivity index (χ1v) is 9.00. The molecule has 2 heterocycles. The summed E-state index contributed by atoms with van der Waals surface area (Å²) in [6.07, 6.45) is 2.20. The summed E-state index contributed by atoms with van der Waals surface area (Å²) in [4.78, 5) is 22.9. The molecule has 0 saturated heterocycles. The molecule has 8 heteroatoms. The second-order valence-corrected chi connectivity index (χ2v) is 6.81. The average Bonchev–Trinajstić information content (AvgIpc) is 2.70. The van der Waals surface area contributed by atoms with Crippen LogP contribution in [0.1, 0.15) is 11.3 Å². The van der Waals surface area contributed by atoms with Crippen LogP contribution in [0.15, 0.2) is 48.7 Å². The van der Waals surface area contributed by atoms with Gasteiger partial charge >= 0.3 is 6.03 Å². The molecule has 0 radical (unpaired) electrons. The van der Waals surface area contributed by atoms with Gasteiger partial charge in [-0.3, -0.25) is 0 Å². The molecule has 4 rings (SSSR count). The molecular formula is C20H15ClF2N4O. The summed E-state index contributed by atoms with van der Waals surface area (Å²) in [5, 5.41) is 2.94. The van der Waals surface area contributed by atoms with Crippen LogP contribution in [0.3, 0.4) is 0 Å². The molecule has 2 aromatic carbocycles. The lowest BCUT2D eigenvalue weighted by atomic mass is 10.1. The van der Waals surface area contributed by atoms with Gasteiger partial charge < -0.3 is 10.2 Å². The second kappa shape index (κ2) is 7.52. The van der Waals surface area contributed by atoms with Gasteiger partial charge in [-0.05, 0) is 36.4 Å². The lowest BCUT2D eigenvalue weighted by molar-refractivity contribution is 0.205. The Morgan fingerprint density at radius 2 is 1.82 bits per heavy atom. The van der Waals surface area contributed by atoms with Crippen LogP contribution in [0.4, 0.5) is 19.3 Å². The minimum Gasteiger partial charge on any atom is -0.320 e. The van der Waals surface area contributed by atoms with E-state index in [4.69, 9.17) is 11.6 Å². The topological polar surface area (TPSA) is 58.1 Å². The summed E-state index contributed by atoms with van der Waals surface area (Å²) >= 11 is 5.91. The number of nitrogens with one attached hydrogen (secondary N) is 1. The first-order chi connectivity index (χ1) is 13.5. The summed E-state index contributed by atoms with van der Waals surface area (Å²) in [6, 6.07) is 10.1. The molecule has 2 amide bonds. The van der Waals surface area contributed by atoms with Crippen molar-refractivity contribution >= 4 is 23.3 Å². The zero-order valence-electron chi connectivity index (χ0n) is 14.6. The number of fused-ring (bicyclic) bond motifs is 1. The Hall–Kier alpha value is -3.06. The van der Waals surface area contributed by atoms with Crippen molar-refractivity contribution in [3.63, 3.8) is 0 Å². The van der Waals surface area contributed by atoms with E-state index in [1.165, 1.54) is 11.0 Å². The number of carbonyl (C=O) groups is 1. The van der Waals surface area contributed by atoms with Crippen LogP contribution in [0.25, 0.3) is 11.4 Å². The first-order valence-electron chi connectivity index (χ1n) is 8.62. The monoisotopic (exact) mass is 400 g/mol. The van der Waals surface area contributed by atoms with Gasteiger partial charge in [0.2, 0.25) is 0 Å². The molecule has 0 unspecified atom stereocenters. The van der Waals surface area contributed by atoms with Crippen molar-refractivity contribution in [1.82, 2.24) is 14.9 Å². The minimum absolute atomic E-state index is 0.262. The Morgan fingerprint density at radius 3 is 2.54 bits per heavy atom. The fraction of sp³-hybridized carbons (Fsp3) is 0.150. The van der Waals surface area contributed by atoms with Crippen LogP contribution in [-0.4, -0.2) is 27.4 Å². The highest BCUT2D eigenvalue weighted by molar-refractivity contribution is 6.30. The van der Waals surface area contributed by atoms with E-state index in [0.29, 0.717) is 23.8 Å². The Kier molecular flexibility index (Phi) is 4.92. The predicted octanol–water partition coefficient (Wildman–Crippen LogP) is 4.67. The second-order valence-electron chi connectivity index (χ2n) is 6.37. The van der Waals surface area contributed by atoms with Crippen LogP contribution in [0, 0.1) is 11.6 Å². The van der Waals surface area contributed by atoms with E-state index < -0.39 is 23.4 Å². The largest absolute Gasteiger partial charge is 0.322 e. The number of anilines is 1. The van der Waals surface area contributed by atoms with Crippen molar-refractivity contribution in [3.05, 3.63) is 76.6 Å². The zero-order chi connectivity index (χ0) is 19.7. The highest BCUT2D eigenvalue weighted by atomic mass is 35.5. The van der Waals surface area contributed by atoms with Gasteiger partial charge in [-0.25, -0.2) is 23.5 Å². The van der Waals surface area contributed by atoms with Crippen LogP contribution >= 0.6 is 11.6 Å². The maximum atomic E-state index is 13.7. The van der Waals surface area contributed by atoms with Crippen molar-refractivity contribution in [1.29, 1.82) is 0 Å². The van der Waals surface area contributed by atoms with Crippen molar-refractivity contribution in [2.24, 2.45) is 0 Å². The van der Waals surface area contributed by atoms with Crippen LogP contribution in [-0.2, 0) is 13.0 Å². The third-order valence-corrected chi connectivity index (χ3v) is 4.77. The molecule has 28 heavy (non-hydrogen) atoms. The Morgan fingerprint density at radius 1 is 1.11 bits per heavy atom. The van der Waals surface area contributed by atoms with Crippen LogP contribution in [0.2, 0.25) is 5.02 Å². The first kappa shape index (κ1) is 18.3. The van der Waals surface area contributed by atoms with Crippen molar-refractivity contribution in [2.75, 3.05) is 11.9 Å². The van der Waals surface area contributed by atoms with E-state index in [-0.39, 0.29) is 6.54 Å². The van der Waals surface area contributed by atoms with Gasteiger partial charge in [0.25, 0.3) is 0 Å². The number of benzene rings is 2. The molecule has 1 aliphatic heterocycles. The molecule has 1 N–H and O–H groups in total. The van der Waals surface area contributed by atoms with Gasteiger partial charge in [-0.1, -0.05) is 17.7 Å². The quantitative estimate of drug-likeness (QED) is 0.680. The number of rotatable bonds is 2. The number of carbonyl (C=O) groups excluding carboxylic acids is 1. The summed E-state index contributed by atoms with van der Waals surface area (Å²) in [5.41, 5.74) is 2.05. The molecule has 0 spiro atoms. The number of aromatic nitrogens is 2. The van der Waals surface area contributed by atoms with E-state index in [1.54, 1.807) is 18.3 Å². The van der Waals surface area contributed by atoms with Gasteiger partial charge in [-0.2, -0.15) is 0 Å². The van der Waals surface area contributed by atoms with Crippen molar-refractivity contribution in [3.8, 4) is 11.4 Å². The maximum Gasteiger partial charge on any atom is 0.322 e. The van der Waals surface area contributed by atoms with E-state index in [9.17, 15) is 13.6 Å². The molecular weight excluding hydrogens is 386 g/mol. The zero-order valence-corrected chi connectivity index (χ0v) is 15.4. The summed E-state index contributed by atoms with van der Waals surface area (Å²) in [6.45, 7) is 0.643. The van der Waals surface area contributed by atoms with Crippen LogP contribution in [0.5, 0.6) is 0 Å². The number of amides is 2. The number of para-hydroxylation sites is 1. The van der Waals surface area contributed by atoms with E-state index in [2.05, 4.69) is 15.3 Å². The SMILES string of the molecule is O=C(Nc1c(F)cccc1F)N1CCc2nc(-c3ccc(Cl)cc3)ncc2C1. The van der Waals surface area contributed by atoms with Gasteiger partial charge in [0.05, 0.1) is 12.2 Å². The summed E-state index contributed by atoms with van der Waals surface area (Å²) in [7, 11) is 0. The van der Waals surface area contributed by atoms with E-state index >= 15 is 0 Å². The standard InChI is InChI=1S/C20H15ClF2N4O/c21-14-6-4-12(5-7-14)19-24-10-13-11-27(9-8-17(13)25-19)20(28)26-18-15(22)2-1-3-16(18)23/h1-7,10H,8-9,11H2,(H,26,28). The average molecular weight is 401 g/mol. The van der Waals surface area contributed by atoms with Crippen molar-refractivity contribution < 1.29 is 13.6 Å². The van der Waals surface area contributed by atoms with Gasteiger partial charge in [0.1, 0.15) is 17.3 Å². The molecule has 0 atom stereocenters. The van der Waals surface area contributed by atoms with Gasteiger partial charge in [-0.15, -0.1) is 0 Å². The fourth-order valence-corrected chi connectivity index (χ4v) is 3.16. The molecule has 0 saturated carbocycles. The molecule has 142 valence electrons. The predicted molar refractivity (Wildman–Crippen MR) is 102 cm³/mol. The number of hydrogen-bond acceptors (Lipinski definition) is 3. The number of nitrogens with zero attached hydrogens (tertiary/aromatic N) is 3. The Balaban J connectivity index is 1.50. The van der Waals surface area contributed by atoms with Crippen LogP contribution < -0.4 is 5.32 Å².